The molecule has 1 amide bonds. The van der Waals surface area contributed by atoms with Crippen LogP contribution in [0.15, 0.2) is 24.3 Å². The summed E-state index contributed by atoms with van der Waals surface area (Å²) in [6, 6.07) is 7.67. The van der Waals surface area contributed by atoms with E-state index in [1.54, 1.807) is 6.92 Å². The number of amidine groups is 1. The Morgan fingerprint density at radius 2 is 1.94 bits per heavy atom. The Morgan fingerprint density at radius 1 is 1.28 bits per heavy atom. The summed E-state index contributed by atoms with van der Waals surface area (Å²) < 4.78 is 0. The van der Waals surface area contributed by atoms with Crippen LogP contribution in [0.1, 0.15) is 12.5 Å². The number of nitrogen functional groups attached to an aromatic ring is 1. The summed E-state index contributed by atoms with van der Waals surface area (Å²) in [7, 11) is 0. The Hall–Kier alpha value is -2.04. The smallest absolute Gasteiger partial charge is 0.219 e. The third kappa shape index (κ3) is 2.61. The monoisotopic (exact) mass is 246 g/mol. The van der Waals surface area contributed by atoms with Crippen molar-refractivity contribution >= 4 is 17.4 Å². The van der Waals surface area contributed by atoms with Crippen molar-refractivity contribution < 1.29 is 4.79 Å². The highest BCUT2D eigenvalue weighted by atomic mass is 16.2. The van der Waals surface area contributed by atoms with E-state index >= 15 is 0 Å². The van der Waals surface area contributed by atoms with Crippen LogP contribution in [0.2, 0.25) is 0 Å². The second-order valence-electron chi connectivity index (χ2n) is 4.46. The zero-order valence-corrected chi connectivity index (χ0v) is 10.5. The fraction of sp³-hybridized carbons (Fsp3) is 0.385. The third-order valence-corrected chi connectivity index (χ3v) is 3.25. The topological polar surface area (TPSA) is 73.4 Å². The molecule has 5 heteroatoms. The second-order valence-corrected chi connectivity index (χ2v) is 4.46. The maximum Gasteiger partial charge on any atom is 0.219 e. The molecule has 1 fully saturated rings. The van der Waals surface area contributed by atoms with Crippen molar-refractivity contribution in [3.05, 3.63) is 29.8 Å². The number of anilines is 1. The van der Waals surface area contributed by atoms with E-state index in [1.807, 2.05) is 29.2 Å². The number of nitrogens with zero attached hydrogens (tertiary/aromatic N) is 2. The van der Waals surface area contributed by atoms with Gasteiger partial charge in [-0.1, -0.05) is 12.1 Å². The summed E-state index contributed by atoms with van der Waals surface area (Å²) in [5, 5.41) is 7.44. The van der Waals surface area contributed by atoms with E-state index in [2.05, 4.69) is 4.90 Å². The highest BCUT2D eigenvalue weighted by Gasteiger charge is 2.18. The van der Waals surface area contributed by atoms with Gasteiger partial charge in [-0.2, -0.15) is 0 Å². The fourth-order valence-corrected chi connectivity index (χ4v) is 2.15. The van der Waals surface area contributed by atoms with Crippen molar-refractivity contribution in [3.63, 3.8) is 0 Å². The minimum Gasteiger partial charge on any atom is -0.384 e. The lowest BCUT2D eigenvalue weighted by Gasteiger charge is -2.35. The van der Waals surface area contributed by atoms with Crippen LogP contribution in [0.25, 0.3) is 0 Å². The maximum absolute atomic E-state index is 11.2. The summed E-state index contributed by atoms with van der Waals surface area (Å²) >= 11 is 0. The molecule has 0 unspecified atom stereocenters. The molecule has 18 heavy (non-hydrogen) atoms. The molecular formula is C13H18N4O. The van der Waals surface area contributed by atoms with Gasteiger partial charge < -0.3 is 15.5 Å². The first-order valence-electron chi connectivity index (χ1n) is 6.03. The minimum atomic E-state index is 0.0826. The van der Waals surface area contributed by atoms with Gasteiger partial charge in [0.25, 0.3) is 0 Å². The highest BCUT2D eigenvalue weighted by Crippen LogP contribution is 2.18. The van der Waals surface area contributed by atoms with Gasteiger partial charge in [0.2, 0.25) is 5.91 Å². The van der Waals surface area contributed by atoms with Gasteiger partial charge in [0, 0.05) is 44.4 Å². The van der Waals surface area contributed by atoms with Crippen molar-refractivity contribution in [1.29, 1.82) is 5.41 Å². The SMILES string of the molecule is CC(=O)N1CCN(c2cccc(C(=N)N)c2)CC1. The molecule has 0 atom stereocenters. The number of nitrogens with one attached hydrogen (secondary N) is 1. The molecule has 0 spiro atoms. The summed E-state index contributed by atoms with van der Waals surface area (Å²) in [6.45, 7) is 4.74. The molecule has 0 saturated carbocycles. The van der Waals surface area contributed by atoms with E-state index in [0.717, 1.165) is 37.4 Å². The van der Waals surface area contributed by atoms with E-state index in [9.17, 15) is 4.79 Å². The van der Waals surface area contributed by atoms with Crippen LogP contribution in [-0.4, -0.2) is 42.8 Å². The number of amides is 1. The van der Waals surface area contributed by atoms with Gasteiger partial charge in [-0.05, 0) is 12.1 Å². The van der Waals surface area contributed by atoms with Crippen LogP contribution in [0.4, 0.5) is 5.69 Å². The lowest BCUT2D eigenvalue weighted by molar-refractivity contribution is -0.129. The maximum atomic E-state index is 11.2. The van der Waals surface area contributed by atoms with Crippen molar-refractivity contribution in [1.82, 2.24) is 4.90 Å². The van der Waals surface area contributed by atoms with Crippen LogP contribution < -0.4 is 10.6 Å². The molecule has 0 bridgehead atoms. The average molecular weight is 246 g/mol. The van der Waals surface area contributed by atoms with Crippen molar-refractivity contribution in [2.45, 2.75) is 6.92 Å². The van der Waals surface area contributed by atoms with Crippen LogP contribution in [0.5, 0.6) is 0 Å². The zero-order valence-electron chi connectivity index (χ0n) is 10.5. The Labute approximate surface area is 107 Å². The van der Waals surface area contributed by atoms with Crippen molar-refractivity contribution in [3.8, 4) is 0 Å². The van der Waals surface area contributed by atoms with E-state index in [1.165, 1.54) is 0 Å². The van der Waals surface area contributed by atoms with Crippen molar-refractivity contribution in [2.24, 2.45) is 5.73 Å². The molecule has 1 aromatic rings. The van der Waals surface area contributed by atoms with Gasteiger partial charge in [0.05, 0.1) is 0 Å². The normalized spacial score (nSPS) is 15.6. The van der Waals surface area contributed by atoms with E-state index in [-0.39, 0.29) is 11.7 Å². The predicted molar refractivity (Wildman–Crippen MR) is 71.9 cm³/mol. The molecule has 1 aliphatic rings. The standard InChI is InChI=1S/C13H18N4O/c1-10(18)16-5-7-17(8-6-16)12-4-2-3-11(9-12)13(14)15/h2-4,9H,5-8H2,1H3,(H3,14,15). The quantitative estimate of drug-likeness (QED) is 0.594. The van der Waals surface area contributed by atoms with Crippen molar-refractivity contribution in [2.75, 3.05) is 31.1 Å². The molecule has 96 valence electrons. The molecule has 1 saturated heterocycles. The molecular weight excluding hydrogens is 228 g/mol. The van der Waals surface area contributed by atoms with Gasteiger partial charge in [0.1, 0.15) is 5.84 Å². The molecule has 1 aromatic carbocycles. The first-order valence-corrected chi connectivity index (χ1v) is 6.03. The number of hydrogen-bond donors (Lipinski definition) is 2. The van der Waals surface area contributed by atoms with Crippen LogP contribution >= 0.6 is 0 Å². The van der Waals surface area contributed by atoms with Crippen LogP contribution in [0.3, 0.4) is 0 Å². The minimum absolute atomic E-state index is 0.0826. The summed E-state index contributed by atoms with van der Waals surface area (Å²) in [5.41, 5.74) is 7.28. The molecule has 0 aromatic heterocycles. The Bertz CT molecular complexity index is 464. The molecule has 2 rings (SSSR count). The molecule has 1 heterocycles. The van der Waals surface area contributed by atoms with Gasteiger partial charge in [-0.25, -0.2) is 0 Å². The Kier molecular flexibility index (Phi) is 3.50. The van der Waals surface area contributed by atoms with E-state index in [4.69, 9.17) is 11.1 Å². The van der Waals surface area contributed by atoms with Gasteiger partial charge in [-0.3, -0.25) is 10.2 Å². The largest absolute Gasteiger partial charge is 0.384 e. The van der Waals surface area contributed by atoms with Crippen LogP contribution in [0, 0.1) is 5.41 Å². The summed E-state index contributed by atoms with van der Waals surface area (Å²) in [5.74, 6) is 0.214. The van der Waals surface area contributed by atoms with E-state index in [0.29, 0.717) is 0 Å². The number of piperazine rings is 1. The lowest BCUT2D eigenvalue weighted by atomic mass is 10.1. The number of carbonyl (C=O) groups is 1. The average Bonchev–Trinajstić information content (AvgIpc) is 2.39. The number of rotatable bonds is 2. The molecule has 0 radical (unpaired) electrons. The number of carbonyl (C=O) groups excluding carboxylic acids is 1. The fourth-order valence-electron chi connectivity index (χ4n) is 2.15. The van der Waals surface area contributed by atoms with E-state index < -0.39 is 0 Å². The molecule has 1 aliphatic heterocycles. The predicted octanol–water partition coefficient (Wildman–Crippen LogP) is 0.639. The first-order chi connectivity index (χ1) is 8.58. The van der Waals surface area contributed by atoms with Crippen LogP contribution in [-0.2, 0) is 4.79 Å². The number of benzene rings is 1. The Balaban J connectivity index is 2.07. The van der Waals surface area contributed by atoms with Gasteiger partial charge in [0.15, 0.2) is 0 Å². The summed E-state index contributed by atoms with van der Waals surface area (Å²) in [6.07, 6.45) is 0. The number of hydrogen-bond acceptors (Lipinski definition) is 3. The molecule has 0 aliphatic carbocycles. The lowest BCUT2D eigenvalue weighted by Crippen LogP contribution is -2.48. The first kappa shape index (κ1) is 12.4. The third-order valence-electron chi connectivity index (χ3n) is 3.25. The second kappa shape index (κ2) is 5.08. The van der Waals surface area contributed by atoms with Gasteiger partial charge >= 0.3 is 0 Å². The Morgan fingerprint density at radius 3 is 2.50 bits per heavy atom. The zero-order chi connectivity index (χ0) is 13.1. The molecule has 5 nitrogen and oxygen atoms in total. The summed E-state index contributed by atoms with van der Waals surface area (Å²) in [4.78, 5) is 15.3. The molecule has 3 N–H and O–H groups in total. The number of nitrogens with two attached hydrogens (primary N) is 1. The van der Waals surface area contributed by atoms with Gasteiger partial charge in [-0.15, -0.1) is 0 Å². The highest BCUT2D eigenvalue weighted by molar-refractivity contribution is 5.95.